The molecule has 0 saturated heterocycles. The Hall–Kier alpha value is -3.05. The van der Waals surface area contributed by atoms with Gasteiger partial charge >= 0.3 is 23.9 Å². The molecule has 2 atom stereocenters. The first-order valence-electron chi connectivity index (χ1n) is 6.13. The van der Waals surface area contributed by atoms with Crippen LogP contribution in [0.4, 0.5) is 0 Å². The molecule has 0 spiro atoms. The number of nitrogens with zero attached hydrogens (tertiary/aromatic N) is 1. The zero-order valence-electron chi connectivity index (χ0n) is 12.3. The van der Waals surface area contributed by atoms with E-state index in [0.29, 0.717) is 0 Å². The summed E-state index contributed by atoms with van der Waals surface area (Å²) < 4.78 is 3.98. The molecule has 1 aromatic rings. The minimum atomic E-state index is -3.10. The lowest BCUT2D eigenvalue weighted by Gasteiger charge is -2.24. The third-order valence-electron chi connectivity index (χ3n) is 2.58. The van der Waals surface area contributed by atoms with Crippen molar-refractivity contribution in [1.29, 1.82) is 0 Å². The lowest BCUT2D eigenvalue weighted by molar-refractivity contribution is -0.188. The summed E-state index contributed by atoms with van der Waals surface area (Å²) >= 11 is 0. The van der Waals surface area contributed by atoms with Crippen molar-refractivity contribution in [1.82, 2.24) is 4.98 Å². The molecule has 0 bridgehead atoms. The summed E-state index contributed by atoms with van der Waals surface area (Å²) in [6, 6.07) is 3.08. The van der Waals surface area contributed by atoms with E-state index in [1.165, 1.54) is 18.5 Å². The maximum Gasteiger partial charge on any atom is 0.339 e. The van der Waals surface area contributed by atoms with Gasteiger partial charge in [-0.2, -0.15) is 0 Å². The molecule has 2 unspecified atom stereocenters. The van der Waals surface area contributed by atoms with Crippen molar-refractivity contribution in [2.45, 2.75) is 18.1 Å². The fourth-order valence-electron chi connectivity index (χ4n) is 1.32. The second-order valence-electron chi connectivity index (χ2n) is 4.27. The van der Waals surface area contributed by atoms with E-state index in [1.807, 2.05) is 0 Å². The van der Waals surface area contributed by atoms with Gasteiger partial charge in [0.1, 0.15) is 0 Å². The third kappa shape index (κ3) is 5.98. The van der Waals surface area contributed by atoms with Gasteiger partial charge in [0.25, 0.3) is 0 Å². The van der Waals surface area contributed by atoms with Crippen molar-refractivity contribution in [3.63, 3.8) is 0 Å². The average Bonchev–Trinajstić information content (AvgIpc) is 2.53. The zero-order valence-corrected chi connectivity index (χ0v) is 12.3. The topological polar surface area (TPSA) is 192 Å². The molecule has 1 heterocycles. The number of aromatic carboxylic acids is 1. The van der Waals surface area contributed by atoms with E-state index in [4.69, 9.17) is 20.4 Å². The first-order valence-corrected chi connectivity index (χ1v) is 6.13. The number of carbonyl (C=O) groups is 4. The van der Waals surface area contributed by atoms with Gasteiger partial charge in [0.05, 0.1) is 19.1 Å². The number of aliphatic hydroxyl groups excluding tert-OH is 1. The highest BCUT2D eigenvalue weighted by molar-refractivity contribution is 5.91. The fraction of sp³-hybridized carbons (Fsp3) is 0.308. The van der Waals surface area contributed by atoms with Crippen molar-refractivity contribution in [2.24, 2.45) is 0 Å². The van der Waals surface area contributed by atoms with Gasteiger partial charge in [-0.3, -0.25) is 9.78 Å². The predicted octanol–water partition coefficient (Wildman–Crippen LogP) is -1.41. The molecule has 0 amide bonds. The Bertz CT molecular complexity index is 602. The van der Waals surface area contributed by atoms with Crippen molar-refractivity contribution in [3.8, 4) is 0 Å². The monoisotopic (exact) mass is 345 g/mol. The number of ether oxygens (including phenoxy) is 1. The van der Waals surface area contributed by atoms with Crippen LogP contribution in [-0.4, -0.2) is 73.2 Å². The van der Waals surface area contributed by atoms with Crippen molar-refractivity contribution >= 4 is 23.9 Å². The van der Waals surface area contributed by atoms with E-state index >= 15 is 0 Å². The molecular formula is C13H15NO10. The number of aliphatic carboxylic acids is 2. The van der Waals surface area contributed by atoms with Gasteiger partial charge in [-0.1, -0.05) is 0 Å². The number of esters is 1. The molecule has 1 aromatic heterocycles. The first kappa shape index (κ1) is 20.9. The number of carbonyl (C=O) groups excluding carboxylic acids is 1. The Morgan fingerprint density at radius 1 is 1.25 bits per heavy atom. The van der Waals surface area contributed by atoms with E-state index in [0.717, 1.165) is 7.11 Å². The molecule has 1 rings (SSSR count). The van der Waals surface area contributed by atoms with Crippen LogP contribution in [0.5, 0.6) is 0 Å². The van der Waals surface area contributed by atoms with Gasteiger partial charge in [-0.05, 0) is 12.1 Å². The molecule has 0 aromatic carbocycles. The molecule has 132 valence electrons. The highest BCUT2D eigenvalue weighted by Gasteiger charge is 2.50. The standard InChI is InChI=1S/C7H10O8.C6H5NO2/c1-15-5(11)4(10)7(14,6(12)13)2-3(8)9;8-6(9)5-2-1-3-7-4-5/h4,10,14H,2H2,1H3,(H,8,9)(H,12,13);1-4H,(H,8,9). The number of hydrogen-bond acceptors (Lipinski definition) is 8. The summed E-state index contributed by atoms with van der Waals surface area (Å²) in [4.78, 5) is 45.3. The molecular weight excluding hydrogens is 330 g/mol. The van der Waals surface area contributed by atoms with E-state index < -0.39 is 42.0 Å². The average molecular weight is 345 g/mol. The molecule has 0 aliphatic carbocycles. The van der Waals surface area contributed by atoms with E-state index in [-0.39, 0.29) is 5.56 Å². The second kappa shape index (κ2) is 9.17. The van der Waals surface area contributed by atoms with Gasteiger partial charge in [0.15, 0.2) is 6.10 Å². The Morgan fingerprint density at radius 2 is 1.83 bits per heavy atom. The molecule has 11 nitrogen and oxygen atoms in total. The summed E-state index contributed by atoms with van der Waals surface area (Å²) in [6.45, 7) is 0. The maximum atomic E-state index is 10.8. The molecule has 11 heteroatoms. The summed E-state index contributed by atoms with van der Waals surface area (Å²) in [5.74, 6) is -6.07. The second-order valence-corrected chi connectivity index (χ2v) is 4.27. The highest BCUT2D eigenvalue weighted by Crippen LogP contribution is 2.17. The zero-order chi connectivity index (χ0) is 18.9. The number of aliphatic hydroxyl groups is 2. The van der Waals surface area contributed by atoms with Gasteiger partial charge in [-0.25, -0.2) is 14.4 Å². The summed E-state index contributed by atoms with van der Waals surface area (Å²) in [5.41, 5.74) is -2.88. The predicted molar refractivity (Wildman–Crippen MR) is 74.1 cm³/mol. The summed E-state index contributed by atoms with van der Waals surface area (Å²) in [7, 11) is 0.856. The van der Waals surface area contributed by atoms with Crippen LogP contribution in [0, 0.1) is 0 Å². The van der Waals surface area contributed by atoms with Crippen LogP contribution in [0.1, 0.15) is 16.8 Å². The number of carboxylic acid groups (broad SMARTS) is 3. The SMILES string of the molecule is COC(=O)C(O)C(O)(CC(=O)O)C(=O)O.O=C(O)c1cccnc1. The van der Waals surface area contributed by atoms with Crippen molar-refractivity contribution < 1.29 is 49.4 Å². The molecule has 0 fully saturated rings. The van der Waals surface area contributed by atoms with Crippen LogP contribution in [0.15, 0.2) is 24.5 Å². The van der Waals surface area contributed by atoms with Gasteiger partial charge in [0, 0.05) is 12.4 Å². The Morgan fingerprint density at radius 3 is 2.12 bits per heavy atom. The molecule has 5 N–H and O–H groups in total. The van der Waals surface area contributed by atoms with E-state index in [9.17, 15) is 24.3 Å². The van der Waals surface area contributed by atoms with Gasteiger partial charge in [-0.15, -0.1) is 0 Å². The number of hydrogen-bond donors (Lipinski definition) is 5. The largest absolute Gasteiger partial charge is 0.481 e. The van der Waals surface area contributed by atoms with Crippen LogP contribution in [0.25, 0.3) is 0 Å². The fourth-order valence-corrected chi connectivity index (χ4v) is 1.32. The van der Waals surface area contributed by atoms with Crippen LogP contribution >= 0.6 is 0 Å². The normalized spacial score (nSPS) is 13.5. The summed E-state index contributed by atoms with van der Waals surface area (Å²) in [6.07, 6.45) is -0.941. The molecule has 0 saturated carbocycles. The lowest BCUT2D eigenvalue weighted by atomic mass is 9.93. The number of rotatable bonds is 6. The van der Waals surface area contributed by atoms with Crippen LogP contribution in [-0.2, 0) is 19.1 Å². The highest BCUT2D eigenvalue weighted by atomic mass is 16.5. The third-order valence-corrected chi connectivity index (χ3v) is 2.58. The van der Waals surface area contributed by atoms with Gasteiger partial charge in [0.2, 0.25) is 5.60 Å². The molecule has 24 heavy (non-hydrogen) atoms. The molecule has 0 aliphatic rings. The van der Waals surface area contributed by atoms with E-state index in [1.54, 1.807) is 6.07 Å². The van der Waals surface area contributed by atoms with Crippen LogP contribution in [0.2, 0.25) is 0 Å². The van der Waals surface area contributed by atoms with E-state index in [2.05, 4.69) is 9.72 Å². The Kier molecular flexibility index (Phi) is 8.01. The molecule has 0 radical (unpaired) electrons. The van der Waals surface area contributed by atoms with Crippen molar-refractivity contribution in [2.75, 3.05) is 7.11 Å². The number of pyridine rings is 1. The molecule has 0 aliphatic heterocycles. The Labute approximate surface area is 134 Å². The smallest absolute Gasteiger partial charge is 0.339 e. The number of carboxylic acids is 3. The Balaban J connectivity index is 0.000000496. The van der Waals surface area contributed by atoms with Crippen molar-refractivity contribution in [3.05, 3.63) is 30.1 Å². The minimum Gasteiger partial charge on any atom is -0.481 e. The number of methoxy groups -OCH3 is 1. The number of aromatic nitrogens is 1. The van der Waals surface area contributed by atoms with Crippen LogP contribution in [0.3, 0.4) is 0 Å². The van der Waals surface area contributed by atoms with Crippen LogP contribution < -0.4 is 0 Å². The quantitative estimate of drug-likeness (QED) is 0.380. The van der Waals surface area contributed by atoms with Gasteiger partial charge < -0.3 is 30.3 Å². The lowest BCUT2D eigenvalue weighted by Crippen LogP contribution is -2.54. The minimum absolute atomic E-state index is 0.220. The summed E-state index contributed by atoms with van der Waals surface area (Å²) in [5, 5.41) is 43.6. The first-order chi connectivity index (χ1) is 11.1. The maximum absolute atomic E-state index is 10.8.